The van der Waals surface area contributed by atoms with Crippen LogP contribution in [0.15, 0.2) is 36.5 Å². The van der Waals surface area contributed by atoms with Crippen LogP contribution in [0, 0.1) is 0 Å². The van der Waals surface area contributed by atoms with Gasteiger partial charge in [-0.1, -0.05) is 211 Å². The van der Waals surface area contributed by atoms with Gasteiger partial charge in [0.05, 0.1) is 0 Å². The molecule has 0 saturated carbocycles. The number of hydrogen-bond acceptors (Lipinski definition) is 6. The second-order valence-corrected chi connectivity index (χ2v) is 18.6. The lowest BCUT2D eigenvalue weighted by Crippen LogP contribution is -2.11. The molecule has 0 atom stereocenters. The Bertz CT molecular complexity index is 910. The fourth-order valence-electron chi connectivity index (χ4n) is 7.46. The maximum absolute atomic E-state index is 12.8. The van der Waals surface area contributed by atoms with E-state index in [1.807, 2.05) is 0 Å². The van der Waals surface area contributed by atoms with Gasteiger partial charge >= 0.3 is 26.5 Å². The Morgan fingerprint density at radius 2 is 0.459 bits per heavy atom. The molecular formula is C54H99O6P. The van der Waals surface area contributed by atoms with E-state index < -0.39 is 26.5 Å². The van der Waals surface area contributed by atoms with Gasteiger partial charge in [-0.3, -0.25) is 14.4 Å². The Balaban J connectivity index is 4.42. The van der Waals surface area contributed by atoms with E-state index in [9.17, 15) is 14.4 Å². The maximum atomic E-state index is 12.8. The van der Waals surface area contributed by atoms with Crippen molar-refractivity contribution in [1.82, 2.24) is 0 Å². The normalized spacial score (nSPS) is 11.8. The smallest absolute Gasteiger partial charge is 0.375 e. The molecule has 0 aromatic rings. The molecule has 61 heavy (non-hydrogen) atoms. The monoisotopic (exact) mass is 875 g/mol. The lowest BCUT2D eigenvalue weighted by Gasteiger charge is -2.15. The molecule has 0 aromatic heterocycles. The molecule has 0 aliphatic carbocycles. The Morgan fingerprint density at radius 1 is 0.279 bits per heavy atom. The molecule has 0 rings (SSSR count). The molecule has 356 valence electrons. The molecule has 0 heterocycles. The van der Waals surface area contributed by atoms with E-state index in [0.29, 0.717) is 19.3 Å². The minimum Gasteiger partial charge on any atom is -0.375 e. The van der Waals surface area contributed by atoms with Crippen molar-refractivity contribution in [2.75, 3.05) is 0 Å². The number of carbonyl (C=O) groups is 3. The fraction of sp³-hybridized carbons (Fsp3) is 0.833. The summed E-state index contributed by atoms with van der Waals surface area (Å²) in [5.41, 5.74) is 0. The van der Waals surface area contributed by atoms with Crippen LogP contribution in [-0.2, 0) is 28.0 Å². The van der Waals surface area contributed by atoms with Gasteiger partial charge in [0.15, 0.2) is 0 Å². The van der Waals surface area contributed by atoms with Gasteiger partial charge in [-0.25, -0.2) is 0 Å². The first-order chi connectivity index (χ1) is 30.0. The van der Waals surface area contributed by atoms with Crippen molar-refractivity contribution in [1.29, 1.82) is 0 Å². The van der Waals surface area contributed by atoms with Crippen LogP contribution in [0.2, 0.25) is 0 Å². The predicted molar refractivity (Wildman–Crippen MR) is 264 cm³/mol. The highest BCUT2D eigenvalue weighted by Gasteiger charge is 2.27. The molecule has 0 unspecified atom stereocenters. The molecule has 0 N–H and O–H groups in total. The van der Waals surface area contributed by atoms with E-state index in [0.717, 1.165) is 77.0 Å². The number of unbranched alkanes of at least 4 members (excludes halogenated alkanes) is 33. The Labute approximate surface area is 380 Å². The van der Waals surface area contributed by atoms with Crippen molar-refractivity contribution >= 4 is 26.5 Å². The first kappa shape index (κ1) is 59.1. The van der Waals surface area contributed by atoms with Gasteiger partial charge in [-0.05, 0) is 96.3 Å². The standard InChI is InChI=1S/C54H99O6P/c1-4-7-10-13-16-19-22-25-28-31-34-37-40-43-46-49-52(55)58-61(59-53(56)50-47-44-41-38-35-32-29-26-23-20-17-14-11-8-5-2)60-54(57)51-48-45-42-39-36-33-30-27-24-21-18-15-12-9-6-3/h25-30H,4-24,31-51H2,1-3H3/b28-25-,29-26-,30-27-. The second kappa shape index (κ2) is 50.7. The summed E-state index contributed by atoms with van der Waals surface area (Å²) < 4.78 is 16.5. The highest BCUT2D eigenvalue weighted by molar-refractivity contribution is 7.43. The first-order valence-corrected chi connectivity index (χ1v) is 27.5. The van der Waals surface area contributed by atoms with E-state index in [1.54, 1.807) is 0 Å². The van der Waals surface area contributed by atoms with E-state index in [2.05, 4.69) is 57.2 Å². The van der Waals surface area contributed by atoms with Crippen molar-refractivity contribution in [3.63, 3.8) is 0 Å². The van der Waals surface area contributed by atoms with Crippen LogP contribution in [0.1, 0.15) is 290 Å². The van der Waals surface area contributed by atoms with Gasteiger partial charge in [0.1, 0.15) is 0 Å². The zero-order valence-electron chi connectivity index (χ0n) is 40.6. The molecule has 0 aromatic carbocycles. The van der Waals surface area contributed by atoms with E-state index in [4.69, 9.17) is 13.6 Å². The molecular weight excluding hydrogens is 776 g/mol. The quantitative estimate of drug-likeness (QED) is 0.0344. The number of hydrogen-bond donors (Lipinski definition) is 0. The Morgan fingerprint density at radius 3 is 0.672 bits per heavy atom. The average Bonchev–Trinajstić information content (AvgIpc) is 3.25. The van der Waals surface area contributed by atoms with Crippen molar-refractivity contribution in [3.8, 4) is 0 Å². The second-order valence-electron chi connectivity index (χ2n) is 17.6. The first-order valence-electron chi connectivity index (χ1n) is 26.4. The minimum absolute atomic E-state index is 0.231. The Kier molecular flexibility index (Phi) is 49.1. The molecule has 0 aliphatic rings. The van der Waals surface area contributed by atoms with Crippen molar-refractivity contribution < 1.29 is 28.0 Å². The van der Waals surface area contributed by atoms with Gasteiger partial charge in [0.25, 0.3) is 0 Å². The average molecular weight is 875 g/mol. The molecule has 0 spiro atoms. The third-order valence-electron chi connectivity index (χ3n) is 11.5. The van der Waals surface area contributed by atoms with Gasteiger partial charge in [-0.15, -0.1) is 0 Å². The predicted octanol–water partition coefficient (Wildman–Crippen LogP) is 19.0. The lowest BCUT2D eigenvalue weighted by molar-refractivity contribution is -0.142. The zero-order chi connectivity index (χ0) is 44.4. The highest BCUT2D eigenvalue weighted by atomic mass is 31.2. The summed E-state index contributed by atoms with van der Waals surface area (Å²) in [5.74, 6) is -1.40. The molecule has 0 radical (unpaired) electrons. The summed E-state index contributed by atoms with van der Waals surface area (Å²) in [6.45, 7) is 6.78. The Hall–Kier alpha value is -1.94. The van der Waals surface area contributed by atoms with Crippen LogP contribution in [0.5, 0.6) is 0 Å². The molecule has 0 fully saturated rings. The van der Waals surface area contributed by atoms with E-state index in [-0.39, 0.29) is 19.3 Å². The lowest BCUT2D eigenvalue weighted by atomic mass is 10.1. The van der Waals surface area contributed by atoms with Gasteiger partial charge in [0, 0.05) is 19.3 Å². The number of rotatable bonds is 48. The summed E-state index contributed by atoms with van der Waals surface area (Å²) in [7, 11) is -2.38. The topological polar surface area (TPSA) is 78.9 Å². The summed E-state index contributed by atoms with van der Waals surface area (Å²) in [5, 5.41) is 0. The zero-order valence-corrected chi connectivity index (χ0v) is 41.5. The molecule has 6 nitrogen and oxygen atoms in total. The van der Waals surface area contributed by atoms with Crippen LogP contribution in [-0.4, -0.2) is 17.9 Å². The maximum Gasteiger partial charge on any atom is 0.537 e. The van der Waals surface area contributed by atoms with Crippen LogP contribution < -0.4 is 0 Å². The third kappa shape index (κ3) is 48.9. The number of allylic oxidation sites excluding steroid dienone is 6. The van der Waals surface area contributed by atoms with Gasteiger partial charge < -0.3 is 13.6 Å². The van der Waals surface area contributed by atoms with Crippen LogP contribution in [0.25, 0.3) is 0 Å². The van der Waals surface area contributed by atoms with Gasteiger partial charge in [-0.2, -0.15) is 0 Å². The van der Waals surface area contributed by atoms with E-state index in [1.165, 1.54) is 154 Å². The van der Waals surface area contributed by atoms with Gasteiger partial charge in [0.2, 0.25) is 0 Å². The molecule has 0 amide bonds. The summed E-state index contributed by atoms with van der Waals surface area (Å²) in [6, 6.07) is 0. The molecule has 0 saturated heterocycles. The van der Waals surface area contributed by atoms with Crippen LogP contribution in [0.4, 0.5) is 0 Å². The van der Waals surface area contributed by atoms with Crippen molar-refractivity contribution in [2.45, 2.75) is 290 Å². The van der Waals surface area contributed by atoms with Crippen LogP contribution in [0.3, 0.4) is 0 Å². The van der Waals surface area contributed by atoms with Crippen molar-refractivity contribution in [3.05, 3.63) is 36.5 Å². The highest BCUT2D eigenvalue weighted by Crippen LogP contribution is 2.41. The third-order valence-corrected chi connectivity index (χ3v) is 12.5. The summed E-state index contributed by atoms with van der Waals surface area (Å²) >= 11 is 0. The largest absolute Gasteiger partial charge is 0.537 e. The molecule has 0 aliphatic heterocycles. The van der Waals surface area contributed by atoms with Crippen LogP contribution >= 0.6 is 8.60 Å². The number of carbonyl (C=O) groups excluding carboxylic acids is 3. The fourth-order valence-corrected chi connectivity index (χ4v) is 8.35. The van der Waals surface area contributed by atoms with Crippen molar-refractivity contribution in [2.24, 2.45) is 0 Å². The molecule has 0 bridgehead atoms. The summed E-state index contributed by atoms with van der Waals surface area (Å²) in [4.78, 5) is 38.3. The minimum atomic E-state index is -2.38. The van der Waals surface area contributed by atoms with E-state index >= 15 is 0 Å². The SMILES string of the molecule is CCCCCCCC/C=C\CCCCCCCC(=O)OP(OC(=O)CCCCCCC/C=C\CCCCCCCC)OC(=O)CCCCCCC/C=C\CCCCCCCC. The summed E-state index contributed by atoms with van der Waals surface area (Å²) in [6.07, 6.45) is 60.8. The molecule has 7 heteroatoms.